The Bertz CT molecular complexity index is 327. The van der Waals surface area contributed by atoms with E-state index < -0.39 is 6.10 Å². The molecule has 1 aliphatic rings. The molecule has 1 atom stereocenters. The lowest BCUT2D eigenvalue weighted by Gasteiger charge is -2.21. The van der Waals surface area contributed by atoms with Crippen LogP contribution < -0.4 is 0 Å². The minimum atomic E-state index is -0.434. The zero-order valence-electron chi connectivity index (χ0n) is 9.31. The molecule has 1 aromatic rings. The summed E-state index contributed by atoms with van der Waals surface area (Å²) in [6.07, 6.45) is 3.50. The van der Waals surface area contributed by atoms with E-state index in [1.807, 2.05) is 13.2 Å². The summed E-state index contributed by atoms with van der Waals surface area (Å²) in [5, 5.41) is 14.1. The largest absolute Gasteiger partial charge is 0.389 e. The van der Waals surface area contributed by atoms with Crippen molar-refractivity contribution in [1.29, 1.82) is 0 Å². The summed E-state index contributed by atoms with van der Waals surface area (Å²) >= 11 is 0. The van der Waals surface area contributed by atoms with E-state index >= 15 is 0 Å². The van der Waals surface area contributed by atoms with Crippen LogP contribution in [0.3, 0.4) is 0 Å². The topological polar surface area (TPSA) is 47.3 Å². The minimum Gasteiger partial charge on any atom is -0.389 e. The average molecular weight is 210 g/mol. The highest BCUT2D eigenvalue weighted by Gasteiger charge is 2.23. The Morgan fingerprint density at radius 1 is 1.53 bits per heavy atom. The first-order valence-corrected chi connectivity index (χ1v) is 5.47. The van der Waals surface area contributed by atoms with Crippen molar-refractivity contribution in [2.24, 2.45) is 7.05 Å². The zero-order valence-corrected chi connectivity index (χ0v) is 9.31. The van der Waals surface area contributed by atoms with E-state index in [0.717, 1.165) is 37.3 Å². The lowest BCUT2D eigenvalue weighted by molar-refractivity contribution is 0.0835. The van der Waals surface area contributed by atoms with Gasteiger partial charge in [-0.2, -0.15) is 5.10 Å². The lowest BCUT2D eigenvalue weighted by Crippen LogP contribution is -2.16. The Morgan fingerprint density at radius 3 is 2.80 bits per heavy atom. The highest BCUT2D eigenvalue weighted by atomic mass is 16.5. The van der Waals surface area contributed by atoms with Crippen LogP contribution in [0.5, 0.6) is 0 Å². The van der Waals surface area contributed by atoms with Gasteiger partial charge in [0.25, 0.3) is 0 Å². The van der Waals surface area contributed by atoms with Crippen LogP contribution in [0.25, 0.3) is 0 Å². The molecule has 4 nitrogen and oxygen atoms in total. The second kappa shape index (κ2) is 4.33. The summed E-state index contributed by atoms with van der Waals surface area (Å²) in [6.45, 7) is 3.40. The predicted molar refractivity (Wildman–Crippen MR) is 56.6 cm³/mol. The Morgan fingerprint density at radius 2 is 2.20 bits per heavy atom. The van der Waals surface area contributed by atoms with Gasteiger partial charge in [0, 0.05) is 37.9 Å². The first kappa shape index (κ1) is 10.6. The van der Waals surface area contributed by atoms with Gasteiger partial charge in [-0.25, -0.2) is 0 Å². The summed E-state index contributed by atoms with van der Waals surface area (Å²) in [5.74, 6) is 0.449. The number of hydrogen-bond donors (Lipinski definition) is 1. The van der Waals surface area contributed by atoms with Gasteiger partial charge in [0.1, 0.15) is 0 Å². The molecule has 15 heavy (non-hydrogen) atoms. The number of hydrogen-bond acceptors (Lipinski definition) is 3. The van der Waals surface area contributed by atoms with E-state index in [1.54, 1.807) is 11.6 Å². The van der Waals surface area contributed by atoms with Crippen LogP contribution in [0.1, 0.15) is 43.0 Å². The van der Waals surface area contributed by atoms with E-state index in [-0.39, 0.29) is 0 Å². The summed E-state index contributed by atoms with van der Waals surface area (Å²) in [5.41, 5.74) is 2.01. The van der Waals surface area contributed by atoms with Crippen molar-refractivity contribution in [2.75, 3.05) is 13.2 Å². The standard InChI is InChI=1S/C11H18N2O2/c1-8(14)10-7-13(2)12-11(10)9-3-5-15-6-4-9/h7-9,14H,3-6H2,1-2H3/t8-/m0/s1. The fourth-order valence-electron chi connectivity index (χ4n) is 2.13. The van der Waals surface area contributed by atoms with Gasteiger partial charge >= 0.3 is 0 Å². The molecular weight excluding hydrogens is 192 g/mol. The normalized spacial score (nSPS) is 20.5. The molecule has 1 saturated heterocycles. The van der Waals surface area contributed by atoms with Gasteiger partial charge in [-0.3, -0.25) is 4.68 Å². The van der Waals surface area contributed by atoms with Crippen LogP contribution >= 0.6 is 0 Å². The third-order valence-corrected chi connectivity index (χ3v) is 2.95. The summed E-state index contributed by atoms with van der Waals surface area (Å²) in [4.78, 5) is 0. The Kier molecular flexibility index (Phi) is 3.07. The number of aromatic nitrogens is 2. The minimum absolute atomic E-state index is 0.434. The maximum absolute atomic E-state index is 9.66. The molecule has 0 aromatic carbocycles. The monoisotopic (exact) mass is 210 g/mol. The number of nitrogens with zero attached hydrogens (tertiary/aromatic N) is 2. The lowest BCUT2D eigenvalue weighted by atomic mass is 9.93. The van der Waals surface area contributed by atoms with E-state index in [4.69, 9.17) is 4.74 Å². The fraction of sp³-hybridized carbons (Fsp3) is 0.727. The van der Waals surface area contributed by atoms with Gasteiger partial charge in [0.05, 0.1) is 11.8 Å². The highest BCUT2D eigenvalue weighted by molar-refractivity contribution is 5.23. The molecule has 0 radical (unpaired) electrons. The SMILES string of the molecule is C[C@H](O)c1cn(C)nc1C1CCOCC1. The van der Waals surface area contributed by atoms with Crippen molar-refractivity contribution in [3.05, 3.63) is 17.5 Å². The molecule has 1 aromatic heterocycles. The van der Waals surface area contributed by atoms with Gasteiger partial charge in [0.2, 0.25) is 0 Å². The third-order valence-electron chi connectivity index (χ3n) is 2.95. The van der Waals surface area contributed by atoms with Crippen molar-refractivity contribution in [1.82, 2.24) is 9.78 Å². The second-order valence-electron chi connectivity index (χ2n) is 4.21. The molecule has 0 bridgehead atoms. The third kappa shape index (κ3) is 2.21. The van der Waals surface area contributed by atoms with E-state index in [0.29, 0.717) is 5.92 Å². The molecular formula is C11H18N2O2. The average Bonchev–Trinajstić information content (AvgIpc) is 2.62. The number of rotatable bonds is 2. The van der Waals surface area contributed by atoms with E-state index in [1.165, 1.54) is 0 Å². The van der Waals surface area contributed by atoms with Crippen LogP contribution in [-0.4, -0.2) is 28.1 Å². The van der Waals surface area contributed by atoms with E-state index in [9.17, 15) is 5.11 Å². The predicted octanol–water partition coefficient (Wildman–Crippen LogP) is 1.37. The van der Waals surface area contributed by atoms with Crippen LogP contribution in [0.4, 0.5) is 0 Å². The molecule has 0 spiro atoms. The van der Waals surface area contributed by atoms with Gasteiger partial charge in [0.15, 0.2) is 0 Å². The molecule has 0 unspecified atom stereocenters. The molecule has 1 fully saturated rings. The van der Waals surface area contributed by atoms with Crippen molar-refractivity contribution in [3.8, 4) is 0 Å². The molecule has 0 saturated carbocycles. The molecule has 0 aliphatic carbocycles. The van der Waals surface area contributed by atoms with Gasteiger partial charge in [-0.05, 0) is 19.8 Å². The first-order chi connectivity index (χ1) is 7.18. The molecule has 2 heterocycles. The Labute approximate surface area is 89.9 Å². The van der Waals surface area contributed by atoms with Crippen molar-refractivity contribution < 1.29 is 9.84 Å². The zero-order chi connectivity index (χ0) is 10.8. The van der Waals surface area contributed by atoms with Gasteiger partial charge in [-0.1, -0.05) is 0 Å². The summed E-state index contributed by atoms with van der Waals surface area (Å²) in [7, 11) is 1.90. The number of aryl methyl sites for hydroxylation is 1. The highest BCUT2D eigenvalue weighted by Crippen LogP contribution is 2.30. The van der Waals surface area contributed by atoms with Crippen LogP contribution in [-0.2, 0) is 11.8 Å². The molecule has 0 amide bonds. The Hall–Kier alpha value is -0.870. The number of ether oxygens (including phenoxy) is 1. The van der Waals surface area contributed by atoms with Gasteiger partial charge < -0.3 is 9.84 Å². The van der Waals surface area contributed by atoms with Crippen molar-refractivity contribution in [2.45, 2.75) is 31.8 Å². The smallest absolute Gasteiger partial charge is 0.0795 e. The first-order valence-electron chi connectivity index (χ1n) is 5.47. The van der Waals surface area contributed by atoms with Crippen molar-refractivity contribution >= 4 is 0 Å². The summed E-state index contributed by atoms with van der Waals surface area (Å²) < 4.78 is 7.12. The maximum atomic E-state index is 9.66. The molecule has 1 N–H and O–H groups in total. The number of aliphatic hydroxyl groups excluding tert-OH is 1. The second-order valence-corrected chi connectivity index (χ2v) is 4.21. The van der Waals surface area contributed by atoms with Crippen LogP contribution in [0.15, 0.2) is 6.20 Å². The molecule has 84 valence electrons. The quantitative estimate of drug-likeness (QED) is 0.802. The fourth-order valence-corrected chi connectivity index (χ4v) is 2.13. The molecule has 4 heteroatoms. The summed E-state index contributed by atoms with van der Waals surface area (Å²) in [6, 6.07) is 0. The van der Waals surface area contributed by atoms with E-state index in [2.05, 4.69) is 5.10 Å². The van der Waals surface area contributed by atoms with Gasteiger partial charge in [-0.15, -0.1) is 0 Å². The van der Waals surface area contributed by atoms with Crippen LogP contribution in [0, 0.1) is 0 Å². The maximum Gasteiger partial charge on any atom is 0.0795 e. The van der Waals surface area contributed by atoms with Crippen LogP contribution in [0.2, 0.25) is 0 Å². The van der Waals surface area contributed by atoms with Crippen molar-refractivity contribution in [3.63, 3.8) is 0 Å². The Balaban J connectivity index is 2.25. The number of aliphatic hydroxyl groups is 1. The molecule has 2 rings (SSSR count). The molecule has 1 aliphatic heterocycles.